The molecular weight excluding hydrogens is 414 g/mol. The zero-order valence-corrected chi connectivity index (χ0v) is 16.3. The fraction of sp³-hybridized carbons (Fsp3) is 0.158. The van der Waals surface area contributed by atoms with E-state index in [0.29, 0.717) is 33.7 Å². The normalized spacial score (nSPS) is 10.6. The molecule has 0 saturated carbocycles. The number of benzene rings is 2. The van der Waals surface area contributed by atoms with Crippen molar-refractivity contribution < 1.29 is 14.5 Å². The lowest BCUT2D eigenvalue weighted by molar-refractivity contribution is -0.386. The van der Waals surface area contributed by atoms with Gasteiger partial charge in [-0.2, -0.15) is 5.10 Å². The van der Waals surface area contributed by atoms with Gasteiger partial charge in [-0.3, -0.25) is 14.8 Å². The van der Waals surface area contributed by atoms with Gasteiger partial charge in [-0.05, 0) is 59.6 Å². The van der Waals surface area contributed by atoms with Crippen LogP contribution in [0.15, 0.2) is 53.0 Å². The van der Waals surface area contributed by atoms with Crippen molar-refractivity contribution in [1.82, 2.24) is 9.78 Å². The average Bonchev–Trinajstić information content (AvgIpc) is 2.91. The lowest BCUT2D eigenvalue weighted by Crippen LogP contribution is -2.09. The van der Waals surface area contributed by atoms with Gasteiger partial charge >= 0.3 is 11.7 Å². The zero-order chi connectivity index (χ0) is 19.6. The SMILES string of the molecule is Cc1nn(Cc2ccc(C(=O)Oc3ccccc3Br)cc2)c(C)c1[N+](=O)[O-]. The molecule has 0 fully saturated rings. The predicted octanol–water partition coefficient (Wildman–Crippen LogP) is 4.44. The molecule has 0 unspecified atom stereocenters. The van der Waals surface area contributed by atoms with Gasteiger partial charge < -0.3 is 4.74 Å². The number of hydrogen-bond donors (Lipinski definition) is 0. The smallest absolute Gasteiger partial charge is 0.343 e. The molecule has 138 valence electrons. The quantitative estimate of drug-likeness (QED) is 0.259. The largest absolute Gasteiger partial charge is 0.422 e. The molecule has 0 bridgehead atoms. The topological polar surface area (TPSA) is 87.3 Å². The van der Waals surface area contributed by atoms with E-state index in [-0.39, 0.29) is 5.69 Å². The Bertz CT molecular complexity index is 1010. The number of aryl methyl sites for hydroxylation is 1. The maximum absolute atomic E-state index is 12.3. The first-order valence-corrected chi connectivity index (χ1v) is 8.90. The molecule has 3 rings (SSSR count). The van der Waals surface area contributed by atoms with Gasteiger partial charge in [-0.25, -0.2) is 4.79 Å². The molecular formula is C19H16BrN3O4. The number of rotatable bonds is 5. The first-order valence-electron chi connectivity index (χ1n) is 8.11. The molecule has 0 aliphatic carbocycles. The van der Waals surface area contributed by atoms with Gasteiger partial charge in [0.15, 0.2) is 0 Å². The van der Waals surface area contributed by atoms with Gasteiger partial charge in [0.05, 0.1) is 21.5 Å². The molecule has 0 aliphatic rings. The van der Waals surface area contributed by atoms with Gasteiger partial charge in [0.1, 0.15) is 17.1 Å². The van der Waals surface area contributed by atoms with Crippen LogP contribution in [0, 0.1) is 24.0 Å². The first kappa shape index (κ1) is 18.8. The van der Waals surface area contributed by atoms with Crippen molar-refractivity contribution in [3.05, 3.63) is 85.6 Å². The Kier molecular flexibility index (Phi) is 5.36. The molecule has 1 aromatic heterocycles. The van der Waals surface area contributed by atoms with Crippen molar-refractivity contribution >= 4 is 27.6 Å². The summed E-state index contributed by atoms with van der Waals surface area (Å²) in [6.45, 7) is 3.66. The lowest BCUT2D eigenvalue weighted by atomic mass is 10.1. The Morgan fingerprint density at radius 2 is 1.85 bits per heavy atom. The van der Waals surface area contributed by atoms with Gasteiger partial charge in [-0.1, -0.05) is 24.3 Å². The minimum atomic E-state index is -0.463. The second-order valence-electron chi connectivity index (χ2n) is 5.95. The monoisotopic (exact) mass is 429 g/mol. The number of nitrogens with zero attached hydrogens (tertiary/aromatic N) is 3. The summed E-state index contributed by atoms with van der Waals surface area (Å²) in [5.41, 5.74) is 2.19. The standard InChI is InChI=1S/C19H16BrN3O4/c1-12-18(23(25)26)13(2)22(21-12)11-14-7-9-15(10-8-14)19(24)27-17-6-4-3-5-16(17)20/h3-10H,11H2,1-2H3. The number of carbonyl (C=O) groups excluding carboxylic acids is 1. The molecule has 0 saturated heterocycles. The lowest BCUT2D eigenvalue weighted by Gasteiger charge is -2.07. The summed E-state index contributed by atoms with van der Waals surface area (Å²) < 4.78 is 7.66. The Morgan fingerprint density at radius 1 is 1.19 bits per heavy atom. The maximum atomic E-state index is 12.3. The third-order valence-electron chi connectivity index (χ3n) is 4.09. The molecule has 7 nitrogen and oxygen atoms in total. The summed E-state index contributed by atoms with van der Waals surface area (Å²) in [5.74, 6) is -0.0169. The van der Waals surface area contributed by atoms with Crippen LogP contribution in [-0.4, -0.2) is 20.7 Å². The number of para-hydroxylation sites is 1. The Morgan fingerprint density at radius 3 is 2.44 bits per heavy atom. The van der Waals surface area contributed by atoms with E-state index in [4.69, 9.17) is 4.74 Å². The molecule has 0 N–H and O–H groups in total. The third kappa shape index (κ3) is 4.06. The van der Waals surface area contributed by atoms with E-state index in [9.17, 15) is 14.9 Å². The van der Waals surface area contributed by atoms with Crippen LogP contribution in [0.4, 0.5) is 5.69 Å². The first-order chi connectivity index (χ1) is 12.9. The van der Waals surface area contributed by atoms with Gasteiger partial charge in [-0.15, -0.1) is 0 Å². The van der Waals surface area contributed by atoms with Crippen LogP contribution in [0.3, 0.4) is 0 Å². The predicted molar refractivity (Wildman–Crippen MR) is 103 cm³/mol. The molecule has 8 heteroatoms. The van der Waals surface area contributed by atoms with Crippen molar-refractivity contribution in [3.63, 3.8) is 0 Å². The number of aromatic nitrogens is 2. The Hall–Kier alpha value is -3.00. The highest BCUT2D eigenvalue weighted by Gasteiger charge is 2.21. The van der Waals surface area contributed by atoms with E-state index in [0.717, 1.165) is 5.56 Å². The van der Waals surface area contributed by atoms with Crippen LogP contribution in [0.1, 0.15) is 27.3 Å². The molecule has 0 spiro atoms. The highest BCUT2D eigenvalue weighted by atomic mass is 79.9. The van der Waals surface area contributed by atoms with E-state index in [1.807, 2.05) is 6.07 Å². The molecule has 0 amide bonds. The van der Waals surface area contributed by atoms with Crippen molar-refractivity contribution in [2.75, 3.05) is 0 Å². The fourth-order valence-electron chi connectivity index (χ4n) is 2.71. The molecule has 3 aromatic rings. The van der Waals surface area contributed by atoms with Gasteiger partial charge in [0.25, 0.3) is 0 Å². The summed E-state index contributed by atoms with van der Waals surface area (Å²) in [7, 11) is 0. The van der Waals surface area contributed by atoms with Gasteiger partial charge in [0.2, 0.25) is 0 Å². The van der Waals surface area contributed by atoms with Crippen LogP contribution >= 0.6 is 15.9 Å². The number of nitro groups is 1. The summed E-state index contributed by atoms with van der Waals surface area (Å²) in [6.07, 6.45) is 0. The molecule has 2 aromatic carbocycles. The van der Waals surface area contributed by atoms with E-state index in [2.05, 4.69) is 21.0 Å². The van der Waals surface area contributed by atoms with Crippen molar-refractivity contribution in [2.24, 2.45) is 0 Å². The summed E-state index contributed by atoms with van der Waals surface area (Å²) >= 11 is 3.34. The number of carbonyl (C=O) groups is 1. The highest BCUT2D eigenvalue weighted by Crippen LogP contribution is 2.25. The second kappa shape index (κ2) is 7.71. The number of halogens is 1. The van der Waals surface area contributed by atoms with E-state index < -0.39 is 10.9 Å². The fourth-order valence-corrected chi connectivity index (χ4v) is 3.08. The van der Waals surface area contributed by atoms with Crippen molar-refractivity contribution in [1.29, 1.82) is 0 Å². The van der Waals surface area contributed by atoms with E-state index in [1.165, 1.54) is 0 Å². The van der Waals surface area contributed by atoms with E-state index >= 15 is 0 Å². The zero-order valence-electron chi connectivity index (χ0n) is 14.7. The third-order valence-corrected chi connectivity index (χ3v) is 4.74. The Labute approximate surface area is 163 Å². The number of esters is 1. The average molecular weight is 430 g/mol. The molecule has 1 heterocycles. The molecule has 27 heavy (non-hydrogen) atoms. The number of hydrogen-bond acceptors (Lipinski definition) is 5. The Balaban J connectivity index is 1.74. The molecule has 0 radical (unpaired) electrons. The van der Waals surface area contributed by atoms with Crippen molar-refractivity contribution in [2.45, 2.75) is 20.4 Å². The van der Waals surface area contributed by atoms with Crippen LogP contribution in [0.5, 0.6) is 5.75 Å². The summed E-state index contributed by atoms with van der Waals surface area (Å²) in [4.78, 5) is 23.0. The van der Waals surface area contributed by atoms with Crippen LogP contribution in [0.2, 0.25) is 0 Å². The second-order valence-corrected chi connectivity index (χ2v) is 6.81. The minimum Gasteiger partial charge on any atom is -0.422 e. The summed E-state index contributed by atoms with van der Waals surface area (Å²) in [5, 5.41) is 15.3. The van der Waals surface area contributed by atoms with Crippen LogP contribution in [0.25, 0.3) is 0 Å². The number of ether oxygens (including phenoxy) is 1. The van der Waals surface area contributed by atoms with Crippen molar-refractivity contribution in [3.8, 4) is 5.75 Å². The van der Waals surface area contributed by atoms with E-state index in [1.54, 1.807) is 61.0 Å². The highest BCUT2D eigenvalue weighted by molar-refractivity contribution is 9.10. The molecule has 0 atom stereocenters. The van der Waals surface area contributed by atoms with Crippen LogP contribution < -0.4 is 4.74 Å². The van der Waals surface area contributed by atoms with Gasteiger partial charge in [0, 0.05) is 0 Å². The maximum Gasteiger partial charge on any atom is 0.343 e. The molecule has 0 aliphatic heterocycles. The minimum absolute atomic E-state index is 0.0311. The van der Waals surface area contributed by atoms with Crippen LogP contribution in [-0.2, 0) is 6.54 Å². The summed E-state index contributed by atoms with van der Waals surface area (Å²) in [6, 6.07) is 14.0.